The van der Waals surface area contributed by atoms with Crippen LogP contribution in [0.15, 0.2) is 97.7 Å². The quantitative estimate of drug-likeness (QED) is 0.150. The highest BCUT2D eigenvalue weighted by Crippen LogP contribution is 2.29. The second-order valence-corrected chi connectivity index (χ2v) is 9.78. The van der Waals surface area contributed by atoms with Crippen LogP contribution < -0.4 is 0 Å². The van der Waals surface area contributed by atoms with Crippen molar-refractivity contribution in [1.29, 1.82) is 0 Å². The fourth-order valence-electron chi connectivity index (χ4n) is 4.45. The van der Waals surface area contributed by atoms with Gasteiger partial charge in [0.25, 0.3) is 0 Å². The average Bonchev–Trinajstić information content (AvgIpc) is 3.58. The smallest absolute Gasteiger partial charge is 0.191 e. The number of rotatable bonds is 8. The number of Topliss-reactive ketones (excluding diaryl/α,β-unsaturated/α-hetero) is 1. The van der Waals surface area contributed by atoms with E-state index in [9.17, 15) is 4.79 Å². The van der Waals surface area contributed by atoms with Crippen molar-refractivity contribution in [3.63, 3.8) is 0 Å². The first-order chi connectivity index (χ1) is 20.2. The number of pyridine rings is 5. The Bertz CT molecular complexity index is 1740. The second-order valence-electron chi connectivity index (χ2n) is 9.22. The highest BCUT2D eigenvalue weighted by Gasteiger charge is 2.13. The van der Waals surface area contributed by atoms with Crippen molar-refractivity contribution in [2.75, 3.05) is 18.5 Å². The van der Waals surface area contributed by atoms with E-state index in [2.05, 4.69) is 40.8 Å². The van der Waals surface area contributed by atoms with E-state index in [0.717, 1.165) is 50.6 Å². The molecule has 0 unspecified atom stereocenters. The SMILES string of the molecule is O=C(CBr)c1cc(-c2ccnc(-c3cc(-c4ccnc(-c5cc(/C=C/C6OCCO6)ccn5)c4)ccn3)c2)ccn1. The normalized spacial score (nSPS) is 13.6. The molecule has 202 valence electrons. The van der Waals surface area contributed by atoms with Crippen LogP contribution in [0, 0.1) is 0 Å². The zero-order valence-corrected chi connectivity index (χ0v) is 23.4. The highest BCUT2D eigenvalue weighted by molar-refractivity contribution is 9.09. The third-order valence-corrected chi connectivity index (χ3v) is 7.02. The molecule has 0 amide bonds. The van der Waals surface area contributed by atoms with Crippen LogP contribution in [0.1, 0.15) is 16.1 Å². The summed E-state index contributed by atoms with van der Waals surface area (Å²) in [7, 11) is 0. The van der Waals surface area contributed by atoms with E-state index in [4.69, 9.17) is 9.47 Å². The summed E-state index contributed by atoms with van der Waals surface area (Å²) < 4.78 is 11.0. The van der Waals surface area contributed by atoms with E-state index in [0.29, 0.717) is 18.9 Å². The maximum atomic E-state index is 12.1. The van der Waals surface area contributed by atoms with Crippen LogP contribution in [0.2, 0.25) is 0 Å². The standard InChI is InChI=1S/C32H24BrN5O3/c33-20-31(39)30-19-25(7-12-38-30)24-6-11-37-29(18-24)28-17-23(5-10-36-28)22-4-9-35-27(16-22)26-15-21(3-8-34-26)1-2-32-40-13-14-41-32/h1-12,15-19,32H,13-14,20H2/b2-1+. The molecule has 5 aromatic rings. The van der Waals surface area contributed by atoms with Crippen LogP contribution in [0.3, 0.4) is 0 Å². The predicted molar refractivity (Wildman–Crippen MR) is 160 cm³/mol. The summed E-state index contributed by atoms with van der Waals surface area (Å²) in [5.41, 5.74) is 8.15. The lowest BCUT2D eigenvalue weighted by atomic mass is 10.0. The number of aromatic nitrogens is 5. The van der Waals surface area contributed by atoms with Gasteiger partial charge in [-0.2, -0.15) is 0 Å². The Balaban J connectivity index is 1.27. The molecule has 8 nitrogen and oxygen atoms in total. The molecule has 1 aliphatic rings. The topological polar surface area (TPSA) is 100.0 Å². The number of nitrogens with zero attached hydrogens (tertiary/aromatic N) is 5. The summed E-state index contributed by atoms with van der Waals surface area (Å²) in [6.07, 6.45) is 12.3. The number of carbonyl (C=O) groups is 1. The van der Waals surface area contributed by atoms with Gasteiger partial charge in [0.1, 0.15) is 5.69 Å². The van der Waals surface area contributed by atoms with Gasteiger partial charge >= 0.3 is 0 Å². The van der Waals surface area contributed by atoms with Crippen LogP contribution in [0.4, 0.5) is 0 Å². The maximum absolute atomic E-state index is 12.1. The van der Waals surface area contributed by atoms with Crippen molar-refractivity contribution < 1.29 is 14.3 Å². The zero-order chi connectivity index (χ0) is 28.0. The van der Waals surface area contributed by atoms with Crippen molar-refractivity contribution >= 4 is 27.8 Å². The summed E-state index contributed by atoms with van der Waals surface area (Å²) in [5, 5.41) is 0.225. The third kappa shape index (κ3) is 6.33. The zero-order valence-electron chi connectivity index (χ0n) is 21.9. The minimum Gasteiger partial charge on any atom is -0.347 e. The number of hydrogen-bond acceptors (Lipinski definition) is 8. The Morgan fingerprint density at radius 2 is 1.15 bits per heavy atom. The lowest BCUT2D eigenvalue weighted by molar-refractivity contribution is -0.000911. The lowest BCUT2D eigenvalue weighted by Crippen LogP contribution is -2.02. The molecule has 0 saturated carbocycles. The van der Waals surface area contributed by atoms with Gasteiger partial charge in [-0.3, -0.25) is 29.7 Å². The molecule has 6 rings (SSSR count). The number of halogens is 1. The van der Waals surface area contributed by atoms with E-state index in [1.54, 1.807) is 37.1 Å². The molecule has 1 aliphatic heterocycles. The molecule has 0 N–H and O–H groups in total. The summed E-state index contributed by atoms with van der Waals surface area (Å²) >= 11 is 3.21. The molecule has 0 aromatic carbocycles. The number of ketones is 1. The van der Waals surface area contributed by atoms with Gasteiger partial charge in [0.2, 0.25) is 0 Å². The van der Waals surface area contributed by atoms with Crippen LogP contribution >= 0.6 is 15.9 Å². The minimum absolute atomic E-state index is 0.0705. The third-order valence-electron chi connectivity index (χ3n) is 6.52. The number of hydrogen-bond donors (Lipinski definition) is 0. The summed E-state index contributed by atoms with van der Waals surface area (Å²) in [6, 6.07) is 19.4. The number of alkyl halides is 1. The molecule has 1 saturated heterocycles. The average molecular weight is 606 g/mol. The Morgan fingerprint density at radius 1 is 0.683 bits per heavy atom. The molecule has 9 heteroatoms. The molecule has 0 spiro atoms. The van der Waals surface area contributed by atoms with Crippen LogP contribution in [0.25, 0.3) is 51.1 Å². The van der Waals surface area contributed by atoms with Crippen molar-refractivity contribution in [1.82, 2.24) is 24.9 Å². The van der Waals surface area contributed by atoms with Crippen LogP contribution in [0.5, 0.6) is 0 Å². The molecule has 0 radical (unpaired) electrons. The van der Waals surface area contributed by atoms with E-state index in [1.165, 1.54) is 0 Å². The van der Waals surface area contributed by atoms with Crippen molar-refractivity contribution in [2.45, 2.75) is 6.29 Å². The highest BCUT2D eigenvalue weighted by atomic mass is 79.9. The van der Waals surface area contributed by atoms with Gasteiger partial charge in [-0.25, -0.2) is 0 Å². The van der Waals surface area contributed by atoms with Gasteiger partial charge in [0.05, 0.1) is 41.3 Å². The fraction of sp³-hybridized carbons (Fsp3) is 0.125. The fourth-order valence-corrected chi connectivity index (χ4v) is 4.74. The van der Waals surface area contributed by atoms with Crippen LogP contribution in [-0.4, -0.2) is 55.5 Å². The Kier molecular flexibility index (Phi) is 8.09. The second kappa shape index (κ2) is 12.4. The van der Waals surface area contributed by atoms with Gasteiger partial charge < -0.3 is 9.47 Å². The Labute approximate surface area is 245 Å². The monoisotopic (exact) mass is 605 g/mol. The Morgan fingerprint density at radius 3 is 1.68 bits per heavy atom. The molecule has 41 heavy (non-hydrogen) atoms. The van der Waals surface area contributed by atoms with Crippen LogP contribution in [-0.2, 0) is 9.47 Å². The lowest BCUT2D eigenvalue weighted by Gasteiger charge is -2.09. The summed E-state index contributed by atoms with van der Waals surface area (Å²) in [4.78, 5) is 34.6. The molecular formula is C32H24BrN5O3. The number of carbonyl (C=O) groups excluding carboxylic acids is 1. The molecular weight excluding hydrogens is 582 g/mol. The van der Waals surface area contributed by atoms with Crippen molar-refractivity contribution in [3.05, 3.63) is 109 Å². The first kappa shape index (κ1) is 26.8. The van der Waals surface area contributed by atoms with Gasteiger partial charge in [0, 0.05) is 31.0 Å². The first-order valence-corrected chi connectivity index (χ1v) is 14.1. The van der Waals surface area contributed by atoms with E-state index in [1.807, 2.05) is 66.7 Å². The van der Waals surface area contributed by atoms with E-state index < -0.39 is 0 Å². The van der Waals surface area contributed by atoms with Gasteiger partial charge in [-0.05, 0) is 94.6 Å². The van der Waals surface area contributed by atoms with Gasteiger partial charge in [-0.1, -0.05) is 22.0 Å². The predicted octanol–water partition coefficient (Wildman–Crippen LogP) is 6.29. The number of ether oxygens (including phenoxy) is 2. The molecule has 5 aromatic heterocycles. The first-order valence-electron chi connectivity index (χ1n) is 13.0. The van der Waals surface area contributed by atoms with E-state index >= 15 is 0 Å². The van der Waals surface area contributed by atoms with Gasteiger partial charge in [-0.15, -0.1) is 0 Å². The largest absolute Gasteiger partial charge is 0.347 e. The molecule has 0 atom stereocenters. The maximum Gasteiger partial charge on any atom is 0.191 e. The molecule has 1 fully saturated rings. The van der Waals surface area contributed by atoms with Crippen molar-refractivity contribution in [3.8, 4) is 45.0 Å². The molecule has 6 heterocycles. The van der Waals surface area contributed by atoms with E-state index in [-0.39, 0.29) is 17.4 Å². The van der Waals surface area contributed by atoms with Crippen molar-refractivity contribution in [2.24, 2.45) is 0 Å². The summed E-state index contributed by atoms with van der Waals surface area (Å²) in [5.74, 6) is -0.0705. The minimum atomic E-state index is -0.310. The Hall–Kier alpha value is -4.44. The summed E-state index contributed by atoms with van der Waals surface area (Å²) in [6.45, 7) is 1.22. The molecule has 0 aliphatic carbocycles. The molecule has 0 bridgehead atoms. The van der Waals surface area contributed by atoms with Gasteiger partial charge in [0.15, 0.2) is 12.1 Å².